The van der Waals surface area contributed by atoms with E-state index in [1.165, 1.54) is 4.57 Å². The Morgan fingerprint density at radius 2 is 1.84 bits per heavy atom. The highest BCUT2D eigenvalue weighted by atomic mass is 16.7. The third-order valence-corrected chi connectivity index (χ3v) is 5.28. The maximum Gasteiger partial charge on any atom is 0.497 e. The van der Waals surface area contributed by atoms with Crippen molar-refractivity contribution in [2.75, 3.05) is 0 Å². The van der Waals surface area contributed by atoms with Crippen LogP contribution in [0, 0.1) is 0 Å². The first kappa shape index (κ1) is 18.0. The van der Waals surface area contributed by atoms with E-state index in [-0.39, 0.29) is 11.3 Å². The van der Waals surface area contributed by atoms with Crippen LogP contribution in [0.25, 0.3) is 10.9 Å². The molecule has 2 aromatic rings. The number of fused-ring (bicyclic) bond motifs is 1. The van der Waals surface area contributed by atoms with Crippen molar-refractivity contribution in [2.24, 2.45) is 7.05 Å². The summed E-state index contributed by atoms with van der Waals surface area (Å²) in [6.45, 7) is 9.90. The van der Waals surface area contributed by atoms with E-state index < -0.39 is 18.3 Å². The van der Waals surface area contributed by atoms with E-state index in [1.54, 1.807) is 19.3 Å². The van der Waals surface area contributed by atoms with Gasteiger partial charge in [0, 0.05) is 30.5 Å². The average Bonchev–Trinajstić information content (AvgIpc) is 3.03. The molecular weight excluding hydrogens is 319 g/mol. The molecule has 25 heavy (non-hydrogen) atoms. The number of nitrogens with zero attached hydrogens (tertiary/aromatic N) is 1. The molecule has 2 aromatic heterocycles. The summed E-state index contributed by atoms with van der Waals surface area (Å²) in [7, 11) is 1.09. The van der Waals surface area contributed by atoms with Crippen LogP contribution in [0.1, 0.15) is 57.9 Å². The number of aromatic nitrogens is 2. The molecule has 134 valence electrons. The monoisotopic (exact) mass is 344 g/mol. The van der Waals surface area contributed by atoms with E-state index in [9.17, 15) is 9.59 Å². The molecule has 1 saturated heterocycles. The summed E-state index contributed by atoms with van der Waals surface area (Å²) in [6.07, 6.45) is 2.93. The Morgan fingerprint density at radius 1 is 1.24 bits per heavy atom. The topological polar surface area (TPSA) is 73.3 Å². The lowest BCUT2D eigenvalue weighted by atomic mass is 9.78. The van der Waals surface area contributed by atoms with Crippen LogP contribution in [-0.2, 0) is 16.4 Å². The first-order valence-corrected chi connectivity index (χ1v) is 8.68. The van der Waals surface area contributed by atoms with E-state index in [0.717, 1.165) is 11.9 Å². The summed E-state index contributed by atoms with van der Waals surface area (Å²) in [6, 6.07) is 1.75. The molecule has 0 unspecified atom stereocenters. The van der Waals surface area contributed by atoms with Crippen LogP contribution < -0.4 is 11.0 Å². The van der Waals surface area contributed by atoms with Gasteiger partial charge in [0.1, 0.15) is 5.52 Å². The van der Waals surface area contributed by atoms with Crippen LogP contribution in [0.3, 0.4) is 0 Å². The lowest BCUT2D eigenvalue weighted by molar-refractivity contribution is 0.00578. The smallest absolute Gasteiger partial charge is 0.399 e. The fraction of sp³-hybridized carbons (Fsp3) is 0.556. The number of aryl methyl sites for hydroxylation is 1. The second-order valence-electron chi connectivity index (χ2n) is 7.73. The molecule has 1 fully saturated rings. The number of carbonyl (C=O) groups is 1. The minimum atomic E-state index is -0.593. The Balaban J connectivity index is 2.15. The Morgan fingerprint density at radius 3 is 2.40 bits per heavy atom. The van der Waals surface area contributed by atoms with Gasteiger partial charge in [0.2, 0.25) is 0 Å². The first-order chi connectivity index (χ1) is 11.6. The van der Waals surface area contributed by atoms with Crippen molar-refractivity contribution in [2.45, 2.75) is 58.7 Å². The van der Waals surface area contributed by atoms with E-state index in [1.807, 2.05) is 34.6 Å². The minimum absolute atomic E-state index is 0.000575. The van der Waals surface area contributed by atoms with Gasteiger partial charge in [-0.25, -0.2) is 0 Å². The van der Waals surface area contributed by atoms with Gasteiger partial charge in [0.15, 0.2) is 5.78 Å². The third kappa shape index (κ3) is 2.85. The number of aromatic amines is 1. The summed E-state index contributed by atoms with van der Waals surface area (Å²) in [5.41, 5.74) is 0.492. The Kier molecular flexibility index (Phi) is 4.20. The molecule has 7 heteroatoms. The summed E-state index contributed by atoms with van der Waals surface area (Å²) >= 11 is 0. The van der Waals surface area contributed by atoms with Crippen LogP contribution in [0.5, 0.6) is 0 Å². The highest BCUT2D eigenvalue weighted by Gasteiger charge is 2.52. The van der Waals surface area contributed by atoms with Gasteiger partial charge in [0.05, 0.1) is 16.9 Å². The summed E-state index contributed by atoms with van der Waals surface area (Å²) in [5.74, 6) is 0.000575. The van der Waals surface area contributed by atoms with Gasteiger partial charge < -0.3 is 18.9 Å². The SMILES string of the molecule is CCCC(=O)c1cc2c(B3OC(C)(C)C(C)(C)O3)cn(C)c(=O)c2[nH]1. The molecule has 0 aromatic carbocycles. The van der Waals surface area contributed by atoms with Crippen molar-refractivity contribution in [3.8, 4) is 0 Å². The summed E-state index contributed by atoms with van der Waals surface area (Å²) in [4.78, 5) is 27.7. The van der Waals surface area contributed by atoms with Crippen molar-refractivity contribution >= 4 is 29.3 Å². The maximum atomic E-state index is 12.5. The molecule has 1 aliphatic heterocycles. The van der Waals surface area contributed by atoms with E-state index in [0.29, 0.717) is 23.0 Å². The molecule has 0 saturated carbocycles. The predicted octanol–water partition coefficient (Wildman–Crippen LogP) is 2.15. The molecule has 0 amide bonds. The molecule has 3 heterocycles. The number of nitrogens with one attached hydrogen (secondary N) is 1. The van der Waals surface area contributed by atoms with Crippen molar-refractivity contribution in [3.63, 3.8) is 0 Å². The van der Waals surface area contributed by atoms with Crippen LogP contribution in [0.15, 0.2) is 17.1 Å². The number of H-pyrrole nitrogens is 1. The van der Waals surface area contributed by atoms with Crippen LogP contribution >= 0.6 is 0 Å². The first-order valence-electron chi connectivity index (χ1n) is 8.68. The van der Waals surface area contributed by atoms with Gasteiger partial charge in [-0.15, -0.1) is 0 Å². The van der Waals surface area contributed by atoms with E-state index >= 15 is 0 Å². The predicted molar refractivity (Wildman–Crippen MR) is 98.5 cm³/mol. The zero-order valence-corrected chi connectivity index (χ0v) is 15.7. The van der Waals surface area contributed by atoms with Crippen molar-refractivity contribution < 1.29 is 14.1 Å². The van der Waals surface area contributed by atoms with Gasteiger partial charge >= 0.3 is 7.12 Å². The number of pyridine rings is 1. The molecule has 0 radical (unpaired) electrons. The van der Waals surface area contributed by atoms with Crippen LogP contribution in [-0.4, -0.2) is 33.7 Å². The molecule has 1 N–H and O–H groups in total. The normalized spacial score (nSPS) is 18.9. The van der Waals surface area contributed by atoms with Gasteiger partial charge in [-0.3, -0.25) is 9.59 Å². The Bertz CT molecular complexity index is 878. The molecule has 6 nitrogen and oxygen atoms in total. The molecule has 0 aliphatic carbocycles. The van der Waals surface area contributed by atoms with Gasteiger partial charge in [-0.1, -0.05) is 6.92 Å². The zero-order chi connectivity index (χ0) is 18.6. The highest BCUT2D eigenvalue weighted by Crippen LogP contribution is 2.36. The lowest BCUT2D eigenvalue weighted by Crippen LogP contribution is -2.41. The summed E-state index contributed by atoms with van der Waals surface area (Å²) < 4.78 is 13.8. The number of Topliss-reactive ketones (excluding diaryl/α,β-unsaturated/α-hetero) is 1. The van der Waals surface area contributed by atoms with Crippen molar-refractivity contribution in [1.29, 1.82) is 0 Å². The molecule has 0 spiro atoms. The minimum Gasteiger partial charge on any atom is -0.399 e. The second-order valence-corrected chi connectivity index (χ2v) is 7.73. The van der Waals surface area contributed by atoms with E-state index in [2.05, 4.69) is 4.98 Å². The molecule has 3 rings (SSSR count). The Labute approximate surface area is 147 Å². The highest BCUT2D eigenvalue weighted by molar-refractivity contribution is 6.65. The number of ketones is 1. The van der Waals surface area contributed by atoms with Gasteiger partial charge in [0.25, 0.3) is 5.56 Å². The Hall–Kier alpha value is -1.86. The number of hydrogen-bond donors (Lipinski definition) is 1. The second kappa shape index (κ2) is 5.85. The molecule has 1 aliphatic rings. The maximum absolute atomic E-state index is 12.5. The molecular formula is C18H25BN2O4. The quantitative estimate of drug-likeness (QED) is 0.681. The standard InChI is InChI=1S/C18H25BN2O4/c1-7-8-14(22)13-9-11-12(10-21(6)16(23)15(11)20-13)19-24-17(2,3)18(4,5)25-19/h9-10,20H,7-8H2,1-6H3. The fourth-order valence-electron chi connectivity index (χ4n) is 3.03. The van der Waals surface area contributed by atoms with Crippen molar-refractivity contribution in [3.05, 3.63) is 28.3 Å². The van der Waals surface area contributed by atoms with Crippen molar-refractivity contribution in [1.82, 2.24) is 9.55 Å². The molecule has 0 bridgehead atoms. The van der Waals surface area contributed by atoms with E-state index in [4.69, 9.17) is 9.31 Å². The lowest BCUT2D eigenvalue weighted by Gasteiger charge is -2.32. The number of rotatable bonds is 4. The zero-order valence-electron chi connectivity index (χ0n) is 15.7. The third-order valence-electron chi connectivity index (χ3n) is 5.28. The van der Waals surface area contributed by atoms with Crippen LogP contribution in [0.4, 0.5) is 0 Å². The van der Waals surface area contributed by atoms with Crippen LogP contribution in [0.2, 0.25) is 0 Å². The molecule has 0 atom stereocenters. The average molecular weight is 344 g/mol. The summed E-state index contributed by atoms with van der Waals surface area (Å²) in [5, 5.41) is 0.682. The van der Waals surface area contributed by atoms with Gasteiger partial charge in [-0.05, 0) is 40.2 Å². The largest absolute Gasteiger partial charge is 0.497 e. The number of hydrogen-bond acceptors (Lipinski definition) is 4. The fourth-order valence-corrected chi connectivity index (χ4v) is 3.03. The van der Waals surface area contributed by atoms with Gasteiger partial charge in [-0.2, -0.15) is 0 Å². The number of carbonyl (C=O) groups excluding carboxylic acids is 1.